The Kier molecular flexibility index (Phi) is 5.21. The minimum atomic E-state index is -3.53. The lowest BCUT2D eigenvalue weighted by Crippen LogP contribution is -2.29. The molecule has 3 aliphatic heterocycles. The highest BCUT2D eigenvalue weighted by Crippen LogP contribution is 2.60. The second kappa shape index (κ2) is 7.55. The number of aromatic nitrogens is 4. The summed E-state index contributed by atoms with van der Waals surface area (Å²) in [6, 6.07) is 0. The van der Waals surface area contributed by atoms with Crippen LogP contribution in [0.15, 0.2) is 6.33 Å². The van der Waals surface area contributed by atoms with Crippen molar-refractivity contribution in [1.82, 2.24) is 19.5 Å². The van der Waals surface area contributed by atoms with Gasteiger partial charge in [-0.25, -0.2) is 9.55 Å². The van der Waals surface area contributed by atoms with Crippen LogP contribution in [0.25, 0.3) is 11.2 Å². The van der Waals surface area contributed by atoms with Crippen molar-refractivity contribution in [2.45, 2.75) is 37.4 Å². The van der Waals surface area contributed by atoms with E-state index >= 15 is 0 Å². The number of aromatic amines is 1. The van der Waals surface area contributed by atoms with Gasteiger partial charge in [0.1, 0.15) is 28.6 Å². The van der Waals surface area contributed by atoms with Gasteiger partial charge in [0.15, 0.2) is 5.65 Å². The van der Waals surface area contributed by atoms with Gasteiger partial charge in [-0.05, 0) is 12.8 Å². The Balaban J connectivity index is 1.23. The van der Waals surface area contributed by atoms with Gasteiger partial charge in [0.05, 0.1) is 19.0 Å². The number of anilines is 1. The average molecular weight is 464 g/mol. The van der Waals surface area contributed by atoms with Crippen molar-refractivity contribution in [2.24, 2.45) is 0 Å². The predicted molar refractivity (Wildman–Crippen MR) is 108 cm³/mol. The van der Waals surface area contributed by atoms with Crippen LogP contribution in [0.4, 0.5) is 5.95 Å². The van der Waals surface area contributed by atoms with Crippen molar-refractivity contribution in [3.63, 3.8) is 0 Å². The van der Waals surface area contributed by atoms with Gasteiger partial charge < -0.3 is 15.5 Å². The molecule has 5 heterocycles. The summed E-state index contributed by atoms with van der Waals surface area (Å²) >= 11 is 5.24. The van der Waals surface area contributed by atoms with E-state index in [2.05, 4.69) is 15.0 Å². The quantitative estimate of drug-likeness (QED) is 0.394. The summed E-state index contributed by atoms with van der Waals surface area (Å²) in [6.07, 6.45) is 2.25. The summed E-state index contributed by atoms with van der Waals surface area (Å²) in [4.78, 5) is 11.4. The maximum atomic E-state index is 12.7. The molecule has 3 fully saturated rings. The Hall–Kier alpha value is -0.660. The van der Waals surface area contributed by atoms with E-state index in [1.807, 2.05) is 4.57 Å². The smallest absolute Gasteiger partial charge is 0.369 e. The van der Waals surface area contributed by atoms with Crippen LogP contribution >= 0.6 is 41.6 Å². The van der Waals surface area contributed by atoms with Crippen molar-refractivity contribution >= 4 is 58.7 Å². The molecule has 152 valence electrons. The molecule has 0 aromatic carbocycles. The molecule has 2 aromatic rings. The van der Waals surface area contributed by atoms with Crippen LogP contribution in [0.3, 0.4) is 0 Å². The molecule has 0 amide bonds. The van der Waals surface area contributed by atoms with Gasteiger partial charge in [-0.1, -0.05) is 33.8 Å². The van der Waals surface area contributed by atoms with Gasteiger partial charge >= 0.3 is 7.82 Å². The molecular formula is C14H18N5O5PS3. The summed E-state index contributed by atoms with van der Waals surface area (Å²) in [5.41, 5.74) is 6.91. The molecule has 2 unspecified atom stereocenters. The number of hydrogen-bond acceptors (Lipinski definition) is 11. The normalized spacial score (nSPS) is 35.4. The molecule has 0 spiro atoms. The molecule has 4 atom stereocenters. The van der Waals surface area contributed by atoms with E-state index in [0.717, 1.165) is 24.3 Å². The number of nitrogen functional groups attached to an aromatic ring is 1. The van der Waals surface area contributed by atoms with E-state index in [-0.39, 0.29) is 37.1 Å². The largest absolute Gasteiger partial charge is 0.475 e. The van der Waals surface area contributed by atoms with Gasteiger partial charge in [0.25, 0.3) is 0 Å². The molecule has 0 radical (unpaired) electrons. The number of nitrogens with zero attached hydrogens (tertiary/aromatic N) is 3. The third-order valence-electron chi connectivity index (χ3n) is 4.76. The fraction of sp³-hybridized carbons (Fsp3) is 0.643. The van der Waals surface area contributed by atoms with Gasteiger partial charge in [-0.15, -0.1) is 0 Å². The molecule has 5 rings (SSSR count). The minimum absolute atomic E-state index is 0.135. The molecule has 2 aromatic heterocycles. The molecule has 3 aliphatic rings. The standard InChI is InChI=1S/C14H18N5O5PS3/c15-14-17-12-11(13(26)18-14)16-6-19(12)10-2-1-7(22-10)3-21-25(20)23-8-4-27-28-5-9(8)24-25/h6-10H,1-5H2,(H3,15,17,18,26)/t7-,8?,9?,10+,25?/m0/s1. The molecule has 28 heavy (non-hydrogen) atoms. The van der Waals surface area contributed by atoms with Gasteiger partial charge in [0, 0.05) is 11.5 Å². The molecule has 3 N–H and O–H groups in total. The highest BCUT2D eigenvalue weighted by Gasteiger charge is 2.48. The van der Waals surface area contributed by atoms with Crippen LogP contribution in [0.2, 0.25) is 0 Å². The second-order valence-electron chi connectivity index (χ2n) is 6.67. The number of hydrogen-bond donors (Lipinski definition) is 2. The van der Waals surface area contributed by atoms with Crippen LogP contribution in [0, 0.1) is 4.64 Å². The van der Waals surface area contributed by atoms with E-state index in [1.165, 1.54) is 0 Å². The van der Waals surface area contributed by atoms with Crippen molar-refractivity contribution < 1.29 is 22.9 Å². The van der Waals surface area contributed by atoms with Crippen LogP contribution < -0.4 is 5.73 Å². The van der Waals surface area contributed by atoms with E-state index in [4.69, 9.17) is 36.3 Å². The Morgan fingerprint density at radius 1 is 1.36 bits per heavy atom. The summed E-state index contributed by atoms with van der Waals surface area (Å²) in [7, 11) is -0.144. The predicted octanol–water partition coefficient (Wildman–Crippen LogP) is 3.05. The first-order valence-corrected chi connectivity index (χ1v) is 13.1. The third-order valence-corrected chi connectivity index (χ3v) is 8.99. The van der Waals surface area contributed by atoms with Gasteiger partial charge in [-0.3, -0.25) is 18.1 Å². The second-order valence-corrected chi connectivity index (χ2v) is 11.2. The number of fused-ring (bicyclic) bond motifs is 2. The van der Waals surface area contributed by atoms with E-state index in [9.17, 15) is 4.57 Å². The first-order chi connectivity index (χ1) is 13.5. The zero-order valence-corrected chi connectivity index (χ0v) is 17.9. The fourth-order valence-corrected chi connectivity index (χ4v) is 7.86. The molecule has 3 saturated heterocycles. The number of imidazole rings is 1. The zero-order chi connectivity index (χ0) is 19.3. The summed E-state index contributed by atoms with van der Waals surface area (Å²) < 4.78 is 37.7. The SMILES string of the molecule is Nc1nc2c(ncn2[C@H]2CC[C@@H](COP3(=O)OC4CSSCC4O3)O2)c(=S)[nH]1. The maximum absolute atomic E-state index is 12.7. The van der Waals surface area contributed by atoms with Gasteiger partial charge in [-0.2, -0.15) is 4.98 Å². The van der Waals surface area contributed by atoms with Crippen molar-refractivity contribution in [2.75, 3.05) is 23.8 Å². The van der Waals surface area contributed by atoms with Crippen molar-refractivity contribution in [3.8, 4) is 0 Å². The number of ether oxygens (including phenoxy) is 1. The van der Waals surface area contributed by atoms with Gasteiger partial charge in [0.2, 0.25) is 5.95 Å². The molecular weight excluding hydrogens is 445 g/mol. The number of H-pyrrole nitrogens is 1. The maximum Gasteiger partial charge on any atom is 0.475 e. The Morgan fingerprint density at radius 3 is 2.86 bits per heavy atom. The highest BCUT2D eigenvalue weighted by atomic mass is 33.1. The van der Waals surface area contributed by atoms with Crippen molar-refractivity contribution in [1.29, 1.82) is 0 Å². The highest BCUT2D eigenvalue weighted by molar-refractivity contribution is 8.76. The summed E-state index contributed by atoms with van der Waals surface area (Å²) in [6.45, 7) is 0.135. The van der Waals surface area contributed by atoms with Crippen LogP contribution in [-0.4, -0.2) is 55.9 Å². The van der Waals surface area contributed by atoms with Crippen LogP contribution in [0.5, 0.6) is 0 Å². The van der Waals surface area contributed by atoms with E-state index in [0.29, 0.717) is 15.8 Å². The van der Waals surface area contributed by atoms with Crippen LogP contribution in [0.1, 0.15) is 19.1 Å². The topological polar surface area (TPSA) is 127 Å². The van der Waals surface area contributed by atoms with E-state index < -0.39 is 7.82 Å². The Morgan fingerprint density at radius 2 is 2.11 bits per heavy atom. The average Bonchev–Trinajstić information content (AvgIpc) is 3.35. The first-order valence-electron chi connectivity index (χ1n) is 8.74. The number of phosphoric ester groups is 1. The molecule has 0 saturated carbocycles. The lowest BCUT2D eigenvalue weighted by atomic mass is 10.2. The fourth-order valence-electron chi connectivity index (χ4n) is 3.40. The monoisotopic (exact) mass is 463 g/mol. The summed E-state index contributed by atoms with van der Waals surface area (Å²) in [5, 5.41) is 0. The molecule has 14 heteroatoms. The Labute approximate surface area is 173 Å². The molecule has 0 bridgehead atoms. The Bertz CT molecular complexity index is 983. The number of rotatable bonds is 4. The first kappa shape index (κ1) is 19.3. The van der Waals surface area contributed by atoms with E-state index in [1.54, 1.807) is 27.9 Å². The molecule has 10 nitrogen and oxygen atoms in total. The molecule has 0 aliphatic carbocycles. The van der Waals surface area contributed by atoms with Crippen molar-refractivity contribution in [3.05, 3.63) is 11.0 Å². The van der Waals surface area contributed by atoms with Crippen LogP contribution in [-0.2, 0) is 22.9 Å². The number of nitrogens with two attached hydrogens (primary N) is 1. The third kappa shape index (κ3) is 3.63. The zero-order valence-electron chi connectivity index (χ0n) is 14.6. The lowest BCUT2D eigenvalue weighted by molar-refractivity contribution is -0.0210. The minimum Gasteiger partial charge on any atom is -0.369 e. The number of phosphoric acid groups is 1. The summed E-state index contributed by atoms with van der Waals surface area (Å²) in [5.74, 6) is 1.72. The number of nitrogens with one attached hydrogen (secondary N) is 1. The lowest BCUT2D eigenvalue weighted by Gasteiger charge is -2.18.